The molecule has 0 saturated heterocycles. The van der Waals surface area contributed by atoms with Crippen LogP contribution in [0, 0.1) is 10.5 Å². The van der Waals surface area contributed by atoms with E-state index in [-0.39, 0.29) is 0 Å². The lowest BCUT2D eigenvalue weighted by Gasteiger charge is -2.03. The van der Waals surface area contributed by atoms with Crippen molar-refractivity contribution < 1.29 is 4.42 Å². The zero-order valence-corrected chi connectivity index (χ0v) is 12.4. The molecule has 1 aromatic carbocycles. The summed E-state index contributed by atoms with van der Waals surface area (Å²) < 4.78 is 6.37. The summed E-state index contributed by atoms with van der Waals surface area (Å²) in [5, 5.41) is 1.47. The van der Waals surface area contributed by atoms with E-state index >= 15 is 0 Å². The molecule has 3 aromatic rings. The van der Waals surface area contributed by atoms with Crippen molar-refractivity contribution >= 4 is 45.2 Å². The largest absolute Gasteiger partial charge is 0.464 e. The van der Waals surface area contributed by atoms with E-state index in [1.165, 1.54) is 0 Å². The maximum absolute atomic E-state index is 6.10. The highest BCUT2D eigenvalue weighted by molar-refractivity contribution is 14.1. The maximum Gasteiger partial charge on any atom is 0.165 e. The second kappa shape index (κ2) is 4.51. The number of hydrogen-bond donors (Lipinski definition) is 0. The summed E-state index contributed by atoms with van der Waals surface area (Å²) in [6, 6.07) is 7.80. The Hall–Kier alpha value is -1.14. The van der Waals surface area contributed by atoms with Gasteiger partial charge < -0.3 is 4.42 Å². The lowest BCUT2D eigenvalue weighted by atomic mass is 10.1. The van der Waals surface area contributed by atoms with E-state index in [0.29, 0.717) is 11.0 Å². The van der Waals surface area contributed by atoms with Crippen LogP contribution in [0.4, 0.5) is 0 Å². The molecule has 3 rings (SSSR count). The van der Waals surface area contributed by atoms with E-state index in [9.17, 15) is 0 Å². The molecule has 0 amide bonds. The van der Waals surface area contributed by atoms with Crippen LogP contribution in [0.1, 0.15) is 5.69 Å². The van der Waals surface area contributed by atoms with Crippen LogP contribution in [0.25, 0.3) is 22.4 Å². The predicted octanol–water partition coefficient (Wildman–Crippen LogP) is 4.46. The highest BCUT2D eigenvalue weighted by Crippen LogP contribution is 2.30. The smallest absolute Gasteiger partial charge is 0.165 e. The van der Waals surface area contributed by atoms with Gasteiger partial charge in [0.05, 0.1) is 14.8 Å². The number of halogens is 2. The summed E-state index contributed by atoms with van der Waals surface area (Å²) in [5.74, 6) is 0.600. The Morgan fingerprint density at radius 2 is 2.00 bits per heavy atom. The van der Waals surface area contributed by atoms with Crippen molar-refractivity contribution in [1.29, 1.82) is 0 Å². The molecule has 0 radical (unpaired) electrons. The van der Waals surface area contributed by atoms with Crippen LogP contribution in [-0.2, 0) is 0 Å². The molecule has 0 spiro atoms. The second-order valence-electron chi connectivity index (χ2n) is 3.88. The SMILES string of the molecule is Cc1nc(-c2coc3ccccc23)nc(Cl)c1I. The molecule has 0 fully saturated rings. The van der Waals surface area contributed by atoms with E-state index in [1.807, 2.05) is 31.2 Å². The minimum atomic E-state index is 0.475. The first-order valence-corrected chi connectivity index (χ1v) is 6.78. The normalized spacial score (nSPS) is 11.1. The lowest BCUT2D eigenvalue weighted by molar-refractivity contribution is 0.616. The van der Waals surface area contributed by atoms with E-state index in [2.05, 4.69) is 32.6 Å². The van der Waals surface area contributed by atoms with E-state index in [1.54, 1.807) is 6.26 Å². The third-order valence-corrected chi connectivity index (χ3v) is 4.58. The third-order valence-electron chi connectivity index (χ3n) is 2.70. The van der Waals surface area contributed by atoms with Gasteiger partial charge in [-0.2, -0.15) is 0 Å². The second-order valence-corrected chi connectivity index (χ2v) is 5.32. The monoisotopic (exact) mass is 370 g/mol. The summed E-state index contributed by atoms with van der Waals surface area (Å²) >= 11 is 8.24. The topological polar surface area (TPSA) is 38.9 Å². The first kappa shape index (κ1) is 11.9. The van der Waals surface area contributed by atoms with Crippen LogP contribution < -0.4 is 0 Å². The van der Waals surface area contributed by atoms with Crippen molar-refractivity contribution in [2.45, 2.75) is 6.92 Å². The number of aryl methyl sites for hydroxylation is 1. The Morgan fingerprint density at radius 1 is 1.22 bits per heavy atom. The van der Waals surface area contributed by atoms with Gasteiger partial charge in [-0.25, -0.2) is 9.97 Å². The Kier molecular flexibility index (Phi) is 2.99. The molecule has 0 aliphatic carbocycles. The van der Waals surface area contributed by atoms with E-state index in [0.717, 1.165) is 25.8 Å². The average Bonchev–Trinajstić information content (AvgIpc) is 2.79. The first-order chi connectivity index (χ1) is 8.66. The number of fused-ring (bicyclic) bond motifs is 1. The van der Waals surface area contributed by atoms with Crippen LogP contribution in [0.15, 0.2) is 34.9 Å². The molecule has 5 heteroatoms. The average molecular weight is 371 g/mol. The van der Waals surface area contributed by atoms with Gasteiger partial charge in [0.15, 0.2) is 5.82 Å². The van der Waals surface area contributed by atoms with Gasteiger partial charge in [0, 0.05) is 5.39 Å². The molecule has 0 aliphatic rings. The third kappa shape index (κ3) is 1.89. The fourth-order valence-electron chi connectivity index (χ4n) is 1.80. The molecular weight excluding hydrogens is 363 g/mol. The van der Waals surface area contributed by atoms with Crippen molar-refractivity contribution in [3.63, 3.8) is 0 Å². The molecule has 18 heavy (non-hydrogen) atoms. The number of aromatic nitrogens is 2. The number of para-hydroxylation sites is 1. The highest BCUT2D eigenvalue weighted by Gasteiger charge is 2.13. The summed E-state index contributed by atoms with van der Waals surface area (Å²) in [6.07, 6.45) is 1.67. The van der Waals surface area contributed by atoms with Gasteiger partial charge in [-0.3, -0.25) is 0 Å². The molecule has 0 atom stereocenters. The number of furan rings is 1. The molecule has 0 unspecified atom stereocenters. The summed E-state index contributed by atoms with van der Waals surface area (Å²) in [6.45, 7) is 1.92. The zero-order chi connectivity index (χ0) is 12.7. The maximum atomic E-state index is 6.10. The quantitative estimate of drug-likeness (QED) is 0.469. The number of hydrogen-bond acceptors (Lipinski definition) is 3. The number of nitrogens with zero attached hydrogens (tertiary/aromatic N) is 2. The fraction of sp³-hybridized carbons (Fsp3) is 0.0769. The Labute approximate surface area is 122 Å². The van der Waals surface area contributed by atoms with Crippen LogP contribution >= 0.6 is 34.2 Å². The Morgan fingerprint density at radius 3 is 2.78 bits per heavy atom. The Bertz CT molecular complexity index is 716. The summed E-state index contributed by atoms with van der Waals surface area (Å²) in [5.41, 5.74) is 2.56. The van der Waals surface area contributed by atoms with Crippen LogP contribution in [-0.4, -0.2) is 9.97 Å². The first-order valence-electron chi connectivity index (χ1n) is 5.33. The fourth-order valence-corrected chi connectivity index (χ4v) is 2.25. The minimum absolute atomic E-state index is 0.475. The molecule has 0 N–H and O–H groups in total. The van der Waals surface area contributed by atoms with Gasteiger partial charge in [-0.15, -0.1) is 0 Å². The standard InChI is InChI=1S/C13H8ClIN2O/c1-7-11(15)12(14)17-13(16-7)9-6-18-10-5-3-2-4-8(9)10/h2-6H,1H3. The van der Waals surface area contributed by atoms with Gasteiger partial charge in [-0.05, 0) is 35.6 Å². The highest BCUT2D eigenvalue weighted by atomic mass is 127. The van der Waals surface area contributed by atoms with Crippen molar-refractivity contribution in [3.05, 3.63) is 44.9 Å². The van der Waals surface area contributed by atoms with Gasteiger partial charge >= 0.3 is 0 Å². The molecule has 0 bridgehead atoms. The van der Waals surface area contributed by atoms with Crippen molar-refractivity contribution in [2.24, 2.45) is 0 Å². The molecule has 2 aromatic heterocycles. The molecule has 0 saturated carbocycles. The molecular formula is C13H8ClIN2O. The van der Waals surface area contributed by atoms with Gasteiger partial charge in [0.2, 0.25) is 0 Å². The molecule has 2 heterocycles. The van der Waals surface area contributed by atoms with Crippen molar-refractivity contribution in [3.8, 4) is 11.4 Å². The van der Waals surface area contributed by atoms with E-state index < -0.39 is 0 Å². The number of benzene rings is 1. The Balaban J connectivity index is 2.26. The van der Waals surface area contributed by atoms with Gasteiger partial charge in [-0.1, -0.05) is 29.8 Å². The van der Waals surface area contributed by atoms with Gasteiger partial charge in [0.1, 0.15) is 17.0 Å². The molecule has 0 aliphatic heterocycles. The molecule has 3 nitrogen and oxygen atoms in total. The van der Waals surface area contributed by atoms with Crippen molar-refractivity contribution in [1.82, 2.24) is 9.97 Å². The number of rotatable bonds is 1. The zero-order valence-electron chi connectivity index (χ0n) is 9.45. The van der Waals surface area contributed by atoms with Gasteiger partial charge in [0.25, 0.3) is 0 Å². The van der Waals surface area contributed by atoms with Crippen molar-refractivity contribution in [2.75, 3.05) is 0 Å². The summed E-state index contributed by atoms with van der Waals surface area (Å²) in [7, 11) is 0. The lowest BCUT2D eigenvalue weighted by Crippen LogP contribution is -1.95. The summed E-state index contributed by atoms with van der Waals surface area (Å²) in [4.78, 5) is 8.78. The predicted molar refractivity (Wildman–Crippen MR) is 79.7 cm³/mol. The minimum Gasteiger partial charge on any atom is -0.464 e. The molecule has 90 valence electrons. The van der Waals surface area contributed by atoms with Crippen LogP contribution in [0.5, 0.6) is 0 Å². The van der Waals surface area contributed by atoms with E-state index in [4.69, 9.17) is 16.0 Å². The van der Waals surface area contributed by atoms with Crippen LogP contribution in [0.3, 0.4) is 0 Å². The van der Waals surface area contributed by atoms with Crippen LogP contribution in [0.2, 0.25) is 5.15 Å².